The standard InChI is InChI=1S/C17H28N2O2S/c1-2-3-4-5-6-7-8-9-10-15-16(20)18-17(22-15)19-11-13-21-14-12-19/h10H,2-9,11-14H2,1H3. The summed E-state index contributed by atoms with van der Waals surface area (Å²) in [6.07, 6.45) is 12.2. The molecule has 0 radical (unpaired) electrons. The lowest BCUT2D eigenvalue weighted by atomic mass is 10.1. The number of rotatable bonds is 8. The third-order valence-corrected chi connectivity index (χ3v) is 5.12. The summed E-state index contributed by atoms with van der Waals surface area (Å²) < 4.78 is 5.33. The zero-order valence-electron chi connectivity index (χ0n) is 13.7. The van der Waals surface area contributed by atoms with Crippen LogP contribution in [-0.2, 0) is 9.53 Å². The minimum Gasteiger partial charge on any atom is -0.378 e. The van der Waals surface area contributed by atoms with Gasteiger partial charge in [0.15, 0.2) is 5.17 Å². The van der Waals surface area contributed by atoms with E-state index in [9.17, 15) is 4.79 Å². The van der Waals surface area contributed by atoms with E-state index in [1.54, 1.807) is 0 Å². The number of allylic oxidation sites excluding steroid dienone is 1. The van der Waals surface area contributed by atoms with Crippen molar-refractivity contribution in [2.75, 3.05) is 26.3 Å². The van der Waals surface area contributed by atoms with Gasteiger partial charge in [-0.25, -0.2) is 0 Å². The van der Waals surface area contributed by atoms with Crippen molar-refractivity contribution in [2.24, 2.45) is 4.99 Å². The highest BCUT2D eigenvalue weighted by molar-refractivity contribution is 8.18. The molecule has 124 valence electrons. The summed E-state index contributed by atoms with van der Waals surface area (Å²) in [6, 6.07) is 0. The Kier molecular flexibility index (Phi) is 8.02. The van der Waals surface area contributed by atoms with Crippen molar-refractivity contribution >= 4 is 22.8 Å². The fraction of sp³-hybridized carbons (Fsp3) is 0.765. The number of unbranched alkanes of at least 4 members (excludes halogenated alkanes) is 7. The van der Waals surface area contributed by atoms with E-state index in [2.05, 4.69) is 22.9 Å². The summed E-state index contributed by atoms with van der Waals surface area (Å²) in [4.78, 5) is 19.1. The highest BCUT2D eigenvalue weighted by atomic mass is 32.2. The van der Waals surface area contributed by atoms with Gasteiger partial charge in [-0.1, -0.05) is 51.5 Å². The first kappa shape index (κ1) is 17.5. The van der Waals surface area contributed by atoms with E-state index >= 15 is 0 Å². The SMILES string of the molecule is CCCCCCCCCC=C1SC(N2CCOCC2)=NC1=O. The van der Waals surface area contributed by atoms with Crippen LogP contribution in [0.5, 0.6) is 0 Å². The number of aliphatic imine (C=N–C) groups is 1. The van der Waals surface area contributed by atoms with Crippen LogP contribution in [0.1, 0.15) is 58.3 Å². The van der Waals surface area contributed by atoms with Gasteiger partial charge in [-0.05, 0) is 24.6 Å². The second-order valence-corrected chi connectivity index (χ2v) is 6.89. The summed E-state index contributed by atoms with van der Waals surface area (Å²) in [6.45, 7) is 5.37. The topological polar surface area (TPSA) is 41.9 Å². The van der Waals surface area contributed by atoms with E-state index in [4.69, 9.17) is 4.74 Å². The number of ether oxygens (including phenoxy) is 1. The Morgan fingerprint density at radius 2 is 1.82 bits per heavy atom. The maximum atomic E-state index is 11.9. The monoisotopic (exact) mass is 324 g/mol. The zero-order chi connectivity index (χ0) is 15.6. The molecule has 0 spiro atoms. The second-order valence-electron chi connectivity index (χ2n) is 5.88. The maximum absolute atomic E-state index is 11.9. The van der Waals surface area contributed by atoms with Gasteiger partial charge in [-0.3, -0.25) is 4.79 Å². The van der Waals surface area contributed by atoms with Crippen molar-refractivity contribution in [3.63, 3.8) is 0 Å². The molecule has 4 nitrogen and oxygen atoms in total. The van der Waals surface area contributed by atoms with Crippen LogP contribution < -0.4 is 0 Å². The Balaban J connectivity index is 1.63. The highest BCUT2D eigenvalue weighted by Crippen LogP contribution is 2.29. The average molecular weight is 324 g/mol. The van der Waals surface area contributed by atoms with Crippen molar-refractivity contribution in [2.45, 2.75) is 58.3 Å². The van der Waals surface area contributed by atoms with Crippen molar-refractivity contribution in [1.29, 1.82) is 0 Å². The minimum absolute atomic E-state index is 0.0607. The maximum Gasteiger partial charge on any atom is 0.285 e. The Hall–Kier alpha value is -0.810. The molecule has 2 aliphatic rings. The molecule has 1 saturated heterocycles. The number of hydrogen-bond donors (Lipinski definition) is 0. The molecule has 0 bridgehead atoms. The Morgan fingerprint density at radius 1 is 1.14 bits per heavy atom. The van der Waals surface area contributed by atoms with Gasteiger partial charge in [0, 0.05) is 13.1 Å². The molecule has 0 aromatic carbocycles. The summed E-state index contributed by atoms with van der Waals surface area (Å²) in [7, 11) is 0. The normalized spacial score (nSPS) is 20.8. The summed E-state index contributed by atoms with van der Waals surface area (Å²) in [5, 5.41) is 0.860. The highest BCUT2D eigenvalue weighted by Gasteiger charge is 2.26. The number of amidine groups is 1. The molecular weight excluding hydrogens is 296 g/mol. The van der Waals surface area contributed by atoms with Crippen LogP contribution in [0.25, 0.3) is 0 Å². The first-order valence-corrected chi connectivity index (χ1v) is 9.46. The van der Waals surface area contributed by atoms with Gasteiger partial charge in [0.25, 0.3) is 5.91 Å². The summed E-state index contributed by atoms with van der Waals surface area (Å²) in [5.74, 6) is -0.0607. The number of carbonyl (C=O) groups excluding carboxylic acids is 1. The second kappa shape index (κ2) is 10.1. The molecule has 0 aliphatic carbocycles. The third kappa shape index (κ3) is 5.76. The lowest BCUT2D eigenvalue weighted by molar-refractivity contribution is -0.113. The van der Waals surface area contributed by atoms with Gasteiger partial charge in [0.05, 0.1) is 18.1 Å². The summed E-state index contributed by atoms with van der Waals surface area (Å²) >= 11 is 1.53. The molecule has 5 heteroatoms. The largest absolute Gasteiger partial charge is 0.378 e. The van der Waals surface area contributed by atoms with Gasteiger partial charge in [0.1, 0.15) is 0 Å². The molecule has 0 saturated carbocycles. The lowest BCUT2D eigenvalue weighted by Gasteiger charge is -2.27. The fourth-order valence-electron chi connectivity index (χ4n) is 2.66. The molecule has 1 fully saturated rings. The van der Waals surface area contributed by atoms with Crippen LogP contribution >= 0.6 is 11.8 Å². The van der Waals surface area contributed by atoms with Crippen molar-refractivity contribution in [3.8, 4) is 0 Å². The van der Waals surface area contributed by atoms with Gasteiger partial charge >= 0.3 is 0 Å². The van der Waals surface area contributed by atoms with Gasteiger partial charge in [-0.15, -0.1) is 0 Å². The van der Waals surface area contributed by atoms with E-state index in [0.29, 0.717) is 0 Å². The number of morpholine rings is 1. The molecule has 1 amide bonds. The Bertz CT molecular complexity index is 415. The predicted octanol–water partition coefficient (Wildman–Crippen LogP) is 3.97. The number of hydrogen-bond acceptors (Lipinski definition) is 4. The molecule has 0 N–H and O–H groups in total. The molecule has 2 heterocycles. The van der Waals surface area contributed by atoms with E-state index < -0.39 is 0 Å². The van der Waals surface area contributed by atoms with Gasteiger partial charge < -0.3 is 9.64 Å². The quantitative estimate of drug-likeness (QED) is 0.500. The summed E-state index contributed by atoms with van der Waals surface area (Å²) in [5.41, 5.74) is 0. The minimum atomic E-state index is -0.0607. The van der Waals surface area contributed by atoms with Gasteiger partial charge in [0.2, 0.25) is 0 Å². The molecule has 0 atom stereocenters. The third-order valence-electron chi connectivity index (χ3n) is 4.03. The van der Waals surface area contributed by atoms with E-state index in [-0.39, 0.29) is 5.91 Å². The van der Waals surface area contributed by atoms with Crippen molar-refractivity contribution < 1.29 is 9.53 Å². The number of thioether (sulfide) groups is 1. The molecule has 0 unspecified atom stereocenters. The molecule has 22 heavy (non-hydrogen) atoms. The predicted molar refractivity (Wildman–Crippen MR) is 93.1 cm³/mol. The molecule has 2 aliphatic heterocycles. The lowest BCUT2D eigenvalue weighted by Crippen LogP contribution is -2.38. The van der Waals surface area contributed by atoms with E-state index in [1.807, 2.05) is 0 Å². The van der Waals surface area contributed by atoms with Crippen LogP contribution in [0.3, 0.4) is 0 Å². The first-order chi connectivity index (χ1) is 10.8. The fourth-order valence-corrected chi connectivity index (χ4v) is 3.63. The molecule has 0 aromatic rings. The smallest absolute Gasteiger partial charge is 0.285 e. The number of nitrogens with zero attached hydrogens (tertiary/aromatic N) is 2. The molecule has 2 rings (SSSR count). The first-order valence-electron chi connectivity index (χ1n) is 8.65. The van der Waals surface area contributed by atoms with E-state index in [0.717, 1.165) is 42.8 Å². The van der Waals surface area contributed by atoms with Crippen LogP contribution in [0.4, 0.5) is 0 Å². The molecule has 0 aromatic heterocycles. The molecular formula is C17H28N2O2S. The van der Waals surface area contributed by atoms with Crippen LogP contribution in [0, 0.1) is 0 Å². The Morgan fingerprint density at radius 3 is 2.55 bits per heavy atom. The average Bonchev–Trinajstić information content (AvgIpc) is 2.92. The number of carbonyl (C=O) groups is 1. The Labute approximate surface area is 138 Å². The van der Waals surface area contributed by atoms with E-state index in [1.165, 1.54) is 56.7 Å². The van der Waals surface area contributed by atoms with Crippen LogP contribution in [0.15, 0.2) is 16.0 Å². The van der Waals surface area contributed by atoms with Crippen LogP contribution in [0.2, 0.25) is 0 Å². The zero-order valence-corrected chi connectivity index (χ0v) is 14.5. The number of amides is 1. The van der Waals surface area contributed by atoms with Gasteiger partial charge in [-0.2, -0.15) is 4.99 Å². The van der Waals surface area contributed by atoms with Crippen LogP contribution in [-0.4, -0.2) is 42.3 Å². The van der Waals surface area contributed by atoms with Crippen molar-refractivity contribution in [1.82, 2.24) is 4.90 Å². The van der Waals surface area contributed by atoms with Crippen molar-refractivity contribution in [3.05, 3.63) is 11.0 Å².